The number of rotatable bonds is 42. The number of unbranched alkanes of at least 4 members (excludes halogenated alkanes) is 18. The Bertz CT molecular complexity index is 1860. The van der Waals surface area contributed by atoms with E-state index in [1.54, 1.807) is 6.08 Å². The highest BCUT2D eigenvalue weighted by molar-refractivity contribution is 7.61. The van der Waals surface area contributed by atoms with E-state index in [-0.39, 0.29) is 18.7 Å². The average molecular weight is 1050 g/mol. The van der Waals surface area contributed by atoms with Crippen molar-refractivity contribution in [2.45, 2.75) is 218 Å². The quantitative estimate of drug-likeness (QED) is 0.0117. The molecule has 1 aliphatic rings. The number of carbonyl (C=O) groups excluding carboxylic acids is 2. The Morgan fingerprint density at radius 1 is 0.775 bits per heavy atom. The van der Waals surface area contributed by atoms with Crippen LogP contribution in [0.15, 0.2) is 53.5 Å². The van der Waals surface area contributed by atoms with Gasteiger partial charge in [-0.05, 0) is 50.5 Å². The lowest BCUT2D eigenvalue weighted by atomic mass is 10.0. The van der Waals surface area contributed by atoms with E-state index in [0.717, 1.165) is 80.9 Å². The van der Waals surface area contributed by atoms with Crippen molar-refractivity contribution in [3.8, 4) is 0 Å². The Morgan fingerprint density at radius 3 is 1.93 bits per heavy atom. The van der Waals surface area contributed by atoms with Crippen LogP contribution in [0.5, 0.6) is 0 Å². The molecule has 0 spiro atoms. The molecule has 0 saturated carbocycles. The lowest BCUT2D eigenvalue weighted by Crippen LogP contribution is -2.36. The molecular weight excluding hydrogens is 961 g/mol. The molecule has 21 heteroatoms. The van der Waals surface area contributed by atoms with E-state index in [0.29, 0.717) is 19.3 Å². The summed E-state index contributed by atoms with van der Waals surface area (Å²) in [6, 6.07) is 1.24. The number of aliphatic hydroxyl groups is 3. The number of ether oxygens (including phenoxy) is 3. The number of hydrogen-bond donors (Lipinski definition) is 6. The van der Waals surface area contributed by atoms with E-state index in [4.69, 9.17) is 29.0 Å². The number of esters is 2. The molecule has 71 heavy (non-hydrogen) atoms. The number of phosphoric acid groups is 2. The Kier molecular flexibility index (Phi) is 34.0. The molecule has 0 aromatic carbocycles. The SMILES string of the molecule is CC/C=C/CC(O)/C=C/C=C/CCCCCCCC(=O)OC[C@H](COP(=O)(O)OP(=O)(O)OC[C@H]1O[C@@H](n2ccc(N)nc2=O)[C@H](O)[C@@H]1O)OC(=O)CCCCCCCCCCCCCCCCC(C)C. The summed E-state index contributed by atoms with van der Waals surface area (Å²) in [5.74, 6) is -0.560. The van der Waals surface area contributed by atoms with Gasteiger partial charge in [-0.1, -0.05) is 166 Å². The fourth-order valence-corrected chi connectivity index (χ4v) is 9.82. The molecule has 1 aromatic heterocycles. The van der Waals surface area contributed by atoms with Crippen LogP contribution < -0.4 is 11.4 Å². The zero-order valence-electron chi connectivity index (χ0n) is 42.6. The average Bonchev–Trinajstić information content (AvgIpc) is 3.59. The van der Waals surface area contributed by atoms with Crippen molar-refractivity contribution in [2.75, 3.05) is 25.6 Å². The zero-order chi connectivity index (χ0) is 52.3. The molecule has 0 aliphatic carbocycles. The minimum atomic E-state index is -5.44. The highest BCUT2D eigenvalue weighted by Gasteiger charge is 2.46. The highest BCUT2D eigenvalue weighted by Crippen LogP contribution is 2.60. The second kappa shape index (κ2) is 37.6. The van der Waals surface area contributed by atoms with Crippen LogP contribution in [-0.2, 0) is 46.3 Å². The maximum absolute atomic E-state index is 12.9. The molecule has 408 valence electrons. The van der Waals surface area contributed by atoms with Crippen molar-refractivity contribution in [3.05, 3.63) is 59.2 Å². The number of allylic oxidation sites excluding steroid dienone is 4. The highest BCUT2D eigenvalue weighted by atomic mass is 31.3. The van der Waals surface area contributed by atoms with Gasteiger partial charge >= 0.3 is 33.3 Å². The summed E-state index contributed by atoms with van der Waals surface area (Å²) in [6.45, 7) is 4.25. The largest absolute Gasteiger partial charge is 0.481 e. The summed E-state index contributed by atoms with van der Waals surface area (Å²) in [6.07, 6.45) is 28.4. The van der Waals surface area contributed by atoms with Crippen LogP contribution in [0, 0.1) is 5.92 Å². The van der Waals surface area contributed by atoms with E-state index in [1.165, 1.54) is 70.3 Å². The predicted octanol–water partition coefficient (Wildman–Crippen LogP) is 9.61. The van der Waals surface area contributed by atoms with E-state index in [1.807, 2.05) is 37.3 Å². The molecule has 1 aromatic rings. The van der Waals surface area contributed by atoms with Crippen LogP contribution in [0.1, 0.15) is 188 Å². The third kappa shape index (κ3) is 31.3. The summed E-state index contributed by atoms with van der Waals surface area (Å²) < 4.78 is 56.8. The Balaban J connectivity index is 1.80. The van der Waals surface area contributed by atoms with Gasteiger partial charge in [-0.25, -0.2) is 13.9 Å². The second-order valence-electron chi connectivity index (χ2n) is 18.7. The van der Waals surface area contributed by atoms with Crippen molar-refractivity contribution in [1.82, 2.24) is 9.55 Å². The summed E-state index contributed by atoms with van der Waals surface area (Å²) in [5, 5.41) is 30.8. The number of hydrogen-bond acceptors (Lipinski definition) is 16. The molecule has 1 aliphatic heterocycles. The fourth-order valence-electron chi connectivity index (χ4n) is 7.71. The lowest BCUT2D eigenvalue weighted by Gasteiger charge is -2.21. The van der Waals surface area contributed by atoms with Crippen LogP contribution in [0.4, 0.5) is 5.82 Å². The van der Waals surface area contributed by atoms with Crippen LogP contribution in [0.2, 0.25) is 0 Å². The number of nitrogen functional groups attached to an aromatic ring is 1. The van der Waals surface area contributed by atoms with Gasteiger partial charge < -0.3 is 45.1 Å². The fraction of sp³-hybridized carbons (Fsp3) is 0.760. The van der Waals surface area contributed by atoms with E-state index >= 15 is 0 Å². The first-order valence-electron chi connectivity index (χ1n) is 26.0. The van der Waals surface area contributed by atoms with Crippen LogP contribution in [0.25, 0.3) is 0 Å². The molecule has 3 unspecified atom stereocenters. The number of nitrogens with zero attached hydrogens (tertiary/aromatic N) is 2. The van der Waals surface area contributed by atoms with Gasteiger partial charge in [-0.3, -0.25) is 23.2 Å². The Labute approximate surface area is 421 Å². The molecule has 8 atom stereocenters. The molecule has 19 nitrogen and oxygen atoms in total. The Morgan fingerprint density at radius 2 is 1.34 bits per heavy atom. The first kappa shape index (κ1) is 64.1. The van der Waals surface area contributed by atoms with Crippen molar-refractivity contribution in [1.29, 1.82) is 0 Å². The number of nitrogens with two attached hydrogens (primary N) is 1. The van der Waals surface area contributed by atoms with E-state index in [2.05, 4.69) is 23.1 Å². The summed E-state index contributed by atoms with van der Waals surface area (Å²) >= 11 is 0. The maximum atomic E-state index is 12.9. The van der Waals surface area contributed by atoms with Gasteiger partial charge in [-0.15, -0.1) is 0 Å². The first-order valence-corrected chi connectivity index (χ1v) is 29.0. The van der Waals surface area contributed by atoms with Crippen molar-refractivity contribution in [2.24, 2.45) is 5.92 Å². The predicted molar refractivity (Wildman–Crippen MR) is 272 cm³/mol. The molecular formula is C50H87N3O16P2. The van der Waals surface area contributed by atoms with E-state index < -0.39 is 89.8 Å². The zero-order valence-corrected chi connectivity index (χ0v) is 44.3. The molecule has 0 radical (unpaired) electrons. The van der Waals surface area contributed by atoms with Gasteiger partial charge in [0.1, 0.15) is 30.7 Å². The number of phosphoric ester groups is 2. The van der Waals surface area contributed by atoms with Gasteiger partial charge in [0.25, 0.3) is 0 Å². The van der Waals surface area contributed by atoms with Gasteiger partial charge in [0.15, 0.2) is 12.3 Å². The van der Waals surface area contributed by atoms with Gasteiger partial charge in [0.2, 0.25) is 0 Å². The third-order valence-electron chi connectivity index (χ3n) is 11.7. The van der Waals surface area contributed by atoms with Crippen molar-refractivity contribution < 1.29 is 71.4 Å². The summed E-state index contributed by atoms with van der Waals surface area (Å²) in [7, 11) is -10.9. The number of anilines is 1. The molecule has 1 fully saturated rings. The van der Waals surface area contributed by atoms with Gasteiger partial charge in [0, 0.05) is 19.0 Å². The van der Waals surface area contributed by atoms with Crippen LogP contribution in [0.3, 0.4) is 0 Å². The topological polar surface area (TPSA) is 286 Å². The van der Waals surface area contributed by atoms with Crippen molar-refractivity contribution in [3.63, 3.8) is 0 Å². The standard InChI is InChI=1S/C50H87N3O16P2/c1-4-5-25-31-41(54)32-27-22-18-14-12-16-19-23-28-33-45(55)64-37-42(67-46(56)34-29-24-20-15-11-9-7-6-8-10-13-17-21-26-30-40(2)3)38-65-70(60,61)69-71(62,63)66-39-43-47(57)48(58)49(68-43)53-36-35-44(51)52-50(53)59/h5,18,22,25,27,32,35-36,40-43,47-49,54,57-58H,4,6-17,19-21,23-24,26,28-31,33-34,37-39H2,1-3H3,(H,60,61)(H,62,63)(H2,51,52,59)/b22-18+,25-5+,32-27+/t41?,42-,43-,47-,48-,49-/m1/s1. The minimum Gasteiger partial charge on any atom is -0.462 e. The van der Waals surface area contributed by atoms with Gasteiger partial charge in [-0.2, -0.15) is 9.29 Å². The molecule has 2 rings (SSSR count). The van der Waals surface area contributed by atoms with Crippen molar-refractivity contribution >= 4 is 33.4 Å². The summed E-state index contributed by atoms with van der Waals surface area (Å²) in [4.78, 5) is 61.9. The number of aliphatic hydroxyl groups excluding tert-OH is 3. The first-order chi connectivity index (χ1) is 33.9. The molecule has 7 N–H and O–H groups in total. The number of carbonyl (C=O) groups is 2. The maximum Gasteiger partial charge on any atom is 0.481 e. The Hall–Kier alpha value is -3.06. The van der Waals surface area contributed by atoms with Crippen LogP contribution >= 0.6 is 15.6 Å². The molecule has 0 bridgehead atoms. The third-order valence-corrected chi connectivity index (χ3v) is 14.3. The van der Waals surface area contributed by atoms with E-state index in [9.17, 15) is 48.6 Å². The smallest absolute Gasteiger partial charge is 0.462 e. The monoisotopic (exact) mass is 1050 g/mol. The lowest BCUT2D eigenvalue weighted by molar-refractivity contribution is -0.161. The number of aromatic nitrogens is 2. The normalized spacial score (nSPS) is 20.0. The summed E-state index contributed by atoms with van der Waals surface area (Å²) in [5.41, 5.74) is 4.58. The molecule has 0 amide bonds. The van der Waals surface area contributed by atoms with Gasteiger partial charge in [0.05, 0.1) is 19.3 Å². The molecule has 1 saturated heterocycles. The minimum absolute atomic E-state index is 0.0373. The molecule has 2 heterocycles. The van der Waals surface area contributed by atoms with Crippen LogP contribution in [-0.4, -0.2) is 96.9 Å². The second-order valence-corrected chi connectivity index (χ2v) is 21.7.